The molecule has 2 aromatic heterocycles. The van der Waals surface area contributed by atoms with Crippen LogP contribution in [-0.2, 0) is 11.2 Å². The lowest BCUT2D eigenvalue weighted by Gasteiger charge is -2.35. The number of rotatable bonds is 6. The van der Waals surface area contributed by atoms with E-state index >= 15 is 0 Å². The van der Waals surface area contributed by atoms with Crippen LogP contribution in [0.15, 0.2) is 73.1 Å². The number of benzene rings is 2. The summed E-state index contributed by atoms with van der Waals surface area (Å²) in [5.41, 5.74) is 3.88. The van der Waals surface area contributed by atoms with Crippen LogP contribution in [0.1, 0.15) is 12.5 Å². The van der Waals surface area contributed by atoms with E-state index in [-0.39, 0.29) is 5.91 Å². The van der Waals surface area contributed by atoms with Crippen LogP contribution in [0.3, 0.4) is 0 Å². The molecule has 34 heavy (non-hydrogen) atoms. The van der Waals surface area contributed by atoms with Crippen LogP contribution in [0, 0.1) is 0 Å². The van der Waals surface area contributed by atoms with Crippen LogP contribution < -0.4 is 10.2 Å². The van der Waals surface area contributed by atoms with Gasteiger partial charge in [-0.2, -0.15) is 0 Å². The lowest BCUT2D eigenvalue weighted by atomic mass is 10.1. The number of carbonyl (C=O) groups is 1. The van der Waals surface area contributed by atoms with Crippen molar-refractivity contribution in [2.75, 3.05) is 42.9 Å². The van der Waals surface area contributed by atoms with Gasteiger partial charge in [0.15, 0.2) is 5.82 Å². The molecule has 7 nitrogen and oxygen atoms in total. The minimum atomic E-state index is 0.0284. The Labute approximate surface area is 199 Å². The largest absolute Gasteiger partial charge is 0.353 e. The number of aromatic nitrogens is 3. The number of fused-ring (bicyclic) bond motifs is 1. The van der Waals surface area contributed by atoms with E-state index < -0.39 is 0 Å². The number of amides is 1. The minimum absolute atomic E-state index is 0.0284. The van der Waals surface area contributed by atoms with Crippen molar-refractivity contribution in [3.8, 4) is 11.4 Å². The Morgan fingerprint density at radius 2 is 1.74 bits per heavy atom. The third-order valence-corrected chi connectivity index (χ3v) is 6.21. The van der Waals surface area contributed by atoms with Gasteiger partial charge in [0.25, 0.3) is 0 Å². The number of anilines is 2. The lowest BCUT2D eigenvalue weighted by Crippen LogP contribution is -2.49. The molecule has 1 saturated heterocycles. The van der Waals surface area contributed by atoms with Crippen LogP contribution in [0.4, 0.5) is 11.5 Å². The smallest absolute Gasteiger partial charge is 0.238 e. The number of piperazine rings is 1. The topological polar surface area (TPSA) is 74.2 Å². The van der Waals surface area contributed by atoms with E-state index in [9.17, 15) is 4.79 Å². The number of nitrogens with one attached hydrogen (secondary N) is 1. The number of aryl methyl sites for hydroxylation is 1. The van der Waals surface area contributed by atoms with E-state index in [2.05, 4.69) is 39.2 Å². The first-order valence-electron chi connectivity index (χ1n) is 11.7. The highest BCUT2D eigenvalue weighted by Gasteiger charge is 2.22. The molecule has 0 atom stereocenters. The molecule has 1 amide bonds. The van der Waals surface area contributed by atoms with Crippen LogP contribution in [-0.4, -0.2) is 58.5 Å². The fraction of sp³-hybridized carbons (Fsp3) is 0.259. The predicted molar refractivity (Wildman–Crippen MR) is 136 cm³/mol. The van der Waals surface area contributed by atoms with Gasteiger partial charge >= 0.3 is 0 Å². The third-order valence-electron chi connectivity index (χ3n) is 6.21. The zero-order valence-corrected chi connectivity index (χ0v) is 19.3. The molecule has 5 rings (SSSR count). The van der Waals surface area contributed by atoms with Crippen LogP contribution in [0.2, 0.25) is 0 Å². The van der Waals surface area contributed by atoms with Gasteiger partial charge in [-0.1, -0.05) is 37.3 Å². The van der Waals surface area contributed by atoms with E-state index in [4.69, 9.17) is 9.97 Å². The quantitative estimate of drug-likeness (QED) is 0.476. The second-order valence-corrected chi connectivity index (χ2v) is 8.45. The van der Waals surface area contributed by atoms with Crippen LogP contribution in [0.25, 0.3) is 22.3 Å². The summed E-state index contributed by atoms with van der Waals surface area (Å²) in [6, 6.07) is 20.0. The molecule has 1 fully saturated rings. The molecule has 0 bridgehead atoms. The van der Waals surface area contributed by atoms with Gasteiger partial charge in [-0.05, 0) is 42.3 Å². The van der Waals surface area contributed by atoms with E-state index in [1.165, 1.54) is 0 Å². The van der Waals surface area contributed by atoms with Crippen molar-refractivity contribution in [1.82, 2.24) is 19.9 Å². The van der Waals surface area contributed by atoms with Gasteiger partial charge in [-0.25, -0.2) is 9.97 Å². The van der Waals surface area contributed by atoms with E-state index in [0.717, 1.165) is 66.1 Å². The van der Waals surface area contributed by atoms with Crippen LogP contribution >= 0.6 is 0 Å². The highest BCUT2D eigenvalue weighted by Crippen LogP contribution is 2.28. The highest BCUT2D eigenvalue weighted by molar-refractivity contribution is 5.93. The minimum Gasteiger partial charge on any atom is -0.353 e. The van der Waals surface area contributed by atoms with E-state index in [0.29, 0.717) is 12.4 Å². The third kappa shape index (κ3) is 4.75. The van der Waals surface area contributed by atoms with Gasteiger partial charge in [0.2, 0.25) is 5.91 Å². The molecule has 172 valence electrons. The number of hydrogen-bond acceptors (Lipinski definition) is 6. The Kier molecular flexibility index (Phi) is 6.44. The van der Waals surface area contributed by atoms with Crippen molar-refractivity contribution in [2.45, 2.75) is 13.3 Å². The second-order valence-electron chi connectivity index (χ2n) is 8.45. The zero-order chi connectivity index (χ0) is 23.3. The summed E-state index contributed by atoms with van der Waals surface area (Å²) in [6.45, 7) is 5.67. The summed E-state index contributed by atoms with van der Waals surface area (Å²) in [5, 5.41) is 4.12. The van der Waals surface area contributed by atoms with Gasteiger partial charge < -0.3 is 10.2 Å². The molecule has 4 aromatic rings. The molecule has 2 aromatic carbocycles. The van der Waals surface area contributed by atoms with Crippen molar-refractivity contribution < 1.29 is 4.79 Å². The first kappa shape index (κ1) is 22.0. The Morgan fingerprint density at radius 1 is 0.941 bits per heavy atom. The van der Waals surface area contributed by atoms with Gasteiger partial charge in [0, 0.05) is 55.2 Å². The molecule has 0 unspecified atom stereocenters. The van der Waals surface area contributed by atoms with Gasteiger partial charge in [0.05, 0.1) is 12.1 Å². The van der Waals surface area contributed by atoms with Gasteiger partial charge in [-0.3, -0.25) is 14.7 Å². The summed E-state index contributed by atoms with van der Waals surface area (Å²) in [7, 11) is 0. The molecule has 0 saturated carbocycles. The normalized spacial score (nSPS) is 14.3. The monoisotopic (exact) mass is 452 g/mol. The molecule has 1 aliphatic heterocycles. The van der Waals surface area contributed by atoms with Crippen molar-refractivity contribution in [1.29, 1.82) is 0 Å². The average molecular weight is 453 g/mol. The molecular formula is C27H28N6O. The fourth-order valence-corrected chi connectivity index (χ4v) is 4.39. The molecule has 1 aliphatic rings. The van der Waals surface area contributed by atoms with Crippen molar-refractivity contribution in [3.05, 3.63) is 78.6 Å². The molecule has 7 heteroatoms. The number of para-hydroxylation sites is 2. The van der Waals surface area contributed by atoms with Gasteiger partial charge in [0.1, 0.15) is 5.82 Å². The number of nitrogens with zero attached hydrogens (tertiary/aromatic N) is 5. The predicted octanol–water partition coefficient (Wildman–Crippen LogP) is 4.01. The molecule has 1 N–H and O–H groups in total. The first-order chi connectivity index (χ1) is 16.7. The summed E-state index contributed by atoms with van der Waals surface area (Å²) in [5.74, 6) is 1.64. The van der Waals surface area contributed by atoms with Gasteiger partial charge in [-0.15, -0.1) is 0 Å². The van der Waals surface area contributed by atoms with Crippen LogP contribution in [0.5, 0.6) is 0 Å². The first-order valence-corrected chi connectivity index (χ1v) is 11.7. The molecule has 0 aliphatic carbocycles. The molecule has 0 radical (unpaired) electrons. The maximum absolute atomic E-state index is 12.7. The Bertz CT molecular complexity index is 1280. The highest BCUT2D eigenvalue weighted by atomic mass is 16.2. The number of hydrogen-bond donors (Lipinski definition) is 1. The molecular weight excluding hydrogens is 424 g/mol. The Balaban J connectivity index is 1.29. The van der Waals surface area contributed by atoms with Crippen molar-refractivity contribution >= 4 is 28.3 Å². The number of carbonyl (C=O) groups excluding carboxylic acids is 1. The summed E-state index contributed by atoms with van der Waals surface area (Å²) in [6.07, 6.45) is 4.44. The Morgan fingerprint density at radius 3 is 2.53 bits per heavy atom. The Hall–Kier alpha value is -3.84. The summed E-state index contributed by atoms with van der Waals surface area (Å²) >= 11 is 0. The second kappa shape index (κ2) is 9.97. The lowest BCUT2D eigenvalue weighted by molar-refractivity contribution is -0.117. The molecule has 0 spiro atoms. The number of pyridine rings is 1. The maximum Gasteiger partial charge on any atom is 0.238 e. The van der Waals surface area contributed by atoms with E-state index in [1.54, 1.807) is 12.4 Å². The fourth-order valence-electron chi connectivity index (χ4n) is 4.39. The summed E-state index contributed by atoms with van der Waals surface area (Å²) < 4.78 is 0. The zero-order valence-electron chi connectivity index (χ0n) is 19.3. The van der Waals surface area contributed by atoms with E-state index in [1.807, 2.05) is 48.5 Å². The average Bonchev–Trinajstić information content (AvgIpc) is 2.89. The summed E-state index contributed by atoms with van der Waals surface area (Å²) in [4.78, 5) is 31.1. The van der Waals surface area contributed by atoms with Crippen molar-refractivity contribution in [3.63, 3.8) is 0 Å². The molecule has 3 heterocycles. The SMILES string of the molecule is CCc1ccccc1NC(=O)CN1CCN(c2nc(-c3cccnc3)nc3ccccc23)CC1. The maximum atomic E-state index is 12.7. The standard InChI is InChI=1S/C27H28N6O/c1-2-20-8-3-5-11-23(20)29-25(34)19-32-14-16-33(17-15-32)27-22-10-4-6-12-24(22)30-26(31-27)21-9-7-13-28-18-21/h3-13,18H,2,14-17,19H2,1H3,(H,29,34). The van der Waals surface area contributed by atoms with Crippen molar-refractivity contribution in [2.24, 2.45) is 0 Å².